The van der Waals surface area contributed by atoms with Gasteiger partial charge in [0.2, 0.25) is 0 Å². The maximum atomic E-state index is 12.2. The molecule has 1 fully saturated rings. The quantitative estimate of drug-likeness (QED) is 0.854. The van der Waals surface area contributed by atoms with Crippen LogP contribution in [0, 0.1) is 0 Å². The maximum Gasteiger partial charge on any atom is 0.251 e. The van der Waals surface area contributed by atoms with Crippen LogP contribution in [0.2, 0.25) is 0 Å². The smallest absolute Gasteiger partial charge is 0.251 e. The zero-order chi connectivity index (χ0) is 16.2. The molecule has 0 saturated carbocycles. The van der Waals surface area contributed by atoms with Crippen LogP contribution < -0.4 is 11.1 Å². The Morgan fingerprint density at radius 2 is 1.83 bits per heavy atom. The summed E-state index contributed by atoms with van der Waals surface area (Å²) in [4.78, 5) is 12.2. The SMILES string of the molecule is C[C@@H]1O[C@@H](c2ccc(N)cc2)OC[C@H]1NC(=O)c1ccccc1. The minimum Gasteiger partial charge on any atom is -0.399 e. The molecule has 3 rings (SSSR count). The van der Waals surface area contributed by atoms with Crippen molar-refractivity contribution < 1.29 is 14.3 Å². The van der Waals surface area contributed by atoms with Gasteiger partial charge in [0.1, 0.15) is 0 Å². The lowest BCUT2D eigenvalue weighted by Crippen LogP contribution is -2.50. The lowest BCUT2D eigenvalue weighted by molar-refractivity contribution is -0.222. The first-order valence-electron chi connectivity index (χ1n) is 7.62. The van der Waals surface area contributed by atoms with Crippen LogP contribution in [0.15, 0.2) is 54.6 Å². The topological polar surface area (TPSA) is 73.6 Å². The first-order valence-corrected chi connectivity index (χ1v) is 7.62. The van der Waals surface area contributed by atoms with Crippen LogP contribution in [-0.2, 0) is 9.47 Å². The lowest BCUT2D eigenvalue weighted by atomic mass is 10.1. The van der Waals surface area contributed by atoms with Gasteiger partial charge >= 0.3 is 0 Å². The second-order valence-corrected chi connectivity index (χ2v) is 5.62. The minimum atomic E-state index is -0.435. The fourth-order valence-electron chi connectivity index (χ4n) is 2.48. The Labute approximate surface area is 135 Å². The van der Waals surface area contributed by atoms with Crippen LogP contribution in [0.1, 0.15) is 29.1 Å². The Hall–Kier alpha value is -2.37. The number of amides is 1. The number of nitrogens with one attached hydrogen (secondary N) is 1. The molecule has 1 aliphatic rings. The summed E-state index contributed by atoms with van der Waals surface area (Å²) in [5.74, 6) is -0.124. The number of ether oxygens (including phenoxy) is 2. The van der Waals surface area contributed by atoms with E-state index in [9.17, 15) is 4.79 Å². The normalized spacial score (nSPS) is 24.1. The van der Waals surface area contributed by atoms with E-state index in [1.165, 1.54) is 0 Å². The van der Waals surface area contributed by atoms with Gasteiger partial charge in [-0.15, -0.1) is 0 Å². The largest absolute Gasteiger partial charge is 0.399 e. The first-order chi connectivity index (χ1) is 11.1. The van der Waals surface area contributed by atoms with Crippen molar-refractivity contribution in [2.75, 3.05) is 12.3 Å². The van der Waals surface area contributed by atoms with E-state index in [4.69, 9.17) is 15.2 Å². The Balaban J connectivity index is 1.60. The first kappa shape index (κ1) is 15.5. The molecule has 120 valence electrons. The van der Waals surface area contributed by atoms with Crippen molar-refractivity contribution in [3.05, 3.63) is 65.7 Å². The van der Waals surface area contributed by atoms with Crippen molar-refractivity contribution in [2.45, 2.75) is 25.4 Å². The number of hydrogen-bond donors (Lipinski definition) is 2. The Kier molecular flexibility index (Phi) is 4.60. The van der Waals surface area contributed by atoms with E-state index in [1.807, 2.05) is 49.4 Å². The maximum absolute atomic E-state index is 12.2. The predicted molar refractivity (Wildman–Crippen MR) is 87.8 cm³/mol. The lowest BCUT2D eigenvalue weighted by Gasteiger charge is -2.35. The summed E-state index contributed by atoms with van der Waals surface area (Å²) in [6, 6.07) is 16.3. The molecule has 0 radical (unpaired) electrons. The Morgan fingerprint density at radius 1 is 1.13 bits per heavy atom. The summed E-state index contributed by atoms with van der Waals surface area (Å²) in [6.07, 6.45) is -0.588. The predicted octanol–water partition coefficient (Wildman–Crippen LogP) is 2.50. The van der Waals surface area contributed by atoms with Gasteiger partial charge in [0, 0.05) is 16.8 Å². The van der Waals surface area contributed by atoms with E-state index in [2.05, 4.69) is 5.32 Å². The summed E-state index contributed by atoms with van der Waals surface area (Å²) >= 11 is 0. The van der Waals surface area contributed by atoms with Crippen LogP contribution in [0.3, 0.4) is 0 Å². The van der Waals surface area contributed by atoms with Gasteiger partial charge in [-0.2, -0.15) is 0 Å². The molecule has 0 aromatic heterocycles. The van der Waals surface area contributed by atoms with Crippen molar-refractivity contribution in [1.82, 2.24) is 5.32 Å². The molecule has 0 bridgehead atoms. The van der Waals surface area contributed by atoms with Crippen LogP contribution in [-0.4, -0.2) is 24.7 Å². The van der Waals surface area contributed by atoms with Gasteiger partial charge in [0.25, 0.3) is 5.91 Å². The molecule has 5 nitrogen and oxygen atoms in total. The number of anilines is 1. The molecule has 1 amide bonds. The summed E-state index contributed by atoms with van der Waals surface area (Å²) in [5, 5.41) is 2.96. The second kappa shape index (κ2) is 6.81. The Morgan fingerprint density at radius 3 is 2.48 bits per heavy atom. The summed E-state index contributed by atoms with van der Waals surface area (Å²) in [5.41, 5.74) is 7.93. The molecule has 23 heavy (non-hydrogen) atoms. The minimum absolute atomic E-state index is 0.124. The molecule has 3 atom stereocenters. The third-order valence-corrected chi connectivity index (χ3v) is 3.89. The Bertz CT molecular complexity index is 658. The molecule has 0 unspecified atom stereocenters. The molecule has 5 heteroatoms. The third-order valence-electron chi connectivity index (χ3n) is 3.89. The fourth-order valence-corrected chi connectivity index (χ4v) is 2.48. The van der Waals surface area contributed by atoms with Gasteiger partial charge in [-0.3, -0.25) is 4.79 Å². The molecule has 2 aromatic carbocycles. The summed E-state index contributed by atoms with van der Waals surface area (Å²) < 4.78 is 11.6. The molecule has 1 saturated heterocycles. The van der Waals surface area contributed by atoms with Gasteiger partial charge in [0.05, 0.1) is 18.8 Å². The van der Waals surface area contributed by atoms with E-state index in [1.54, 1.807) is 12.1 Å². The molecule has 2 aromatic rings. The molecule has 1 aliphatic heterocycles. The van der Waals surface area contributed by atoms with Crippen molar-refractivity contribution >= 4 is 11.6 Å². The van der Waals surface area contributed by atoms with Crippen molar-refractivity contribution in [1.29, 1.82) is 0 Å². The van der Waals surface area contributed by atoms with E-state index < -0.39 is 6.29 Å². The highest BCUT2D eigenvalue weighted by molar-refractivity contribution is 5.94. The average Bonchev–Trinajstić information content (AvgIpc) is 2.58. The highest BCUT2D eigenvalue weighted by Crippen LogP contribution is 2.27. The average molecular weight is 312 g/mol. The van der Waals surface area contributed by atoms with Gasteiger partial charge in [-0.1, -0.05) is 30.3 Å². The summed E-state index contributed by atoms with van der Waals surface area (Å²) in [6.45, 7) is 2.33. The van der Waals surface area contributed by atoms with Crippen molar-refractivity contribution in [3.63, 3.8) is 0 Å². The summed E-state index contributed by atoms with van der Waals surface area (Å²) in [7, 11) is 0. The van der Waals surface area contributed by atoms with Crippen LogP contribution in [0.4, 0.5) is 5.69 Å². The number of hydrogen-bond acceptors (Lipinski definition) is 4. The monoisotopic (exact) mass is 312 g/mol. The standard InChI is InChI=1S/C18H20N2O3/c1-12-16(20-17(21)13-5-3-2-4-6-13)11-22-18(23-12)14-7-9-15(19)10-8-14/h2-10,12,16,18H,11,19H2,1H3,(H,20,21)/t12-,16+,18-/m0/s1. The highest BCUT2D eigenvalue weighted by atomic mass is 16.7. The molecular weight excluding hydrogens is 292 g/mol. The molecular formula is C18H20N2O3. The number of carbonyl (C=O) groups is 1. The van der Waals surface area contributed by atoms with Crippen molar-refractivity contribution in [2.24, 2.45) is 0 Å². The highest BCUT2D eigenvalue weighted by Gasteiger charge is 2.31. The van der Waals surface area contributed by atoms with E-state index in [-0.39, 0.29) is 18.1 Å². The van der Waals surface area contributed by atoms with E-state index in [0.29, 0.717) is 17.9 Å². The molecule has 3 N–H and O–H groups in total. The van der Waals surface area contributed by atoms with Crippen molar-refractivity contribution in [3.8, 4) is 0 Å². The number of benzene rings is 2. The molecule has 0 aliphatic carbocycles. The van der Waals surface area contributed by atoms with Crippen LogP contribution in [0.25, 0.3) is 0 Å². The van der Waals surface area contributed by atoms with Crippen LogP contribution in [0.5, 0.6) is 0 Å². The number of nitrogens with two attached hydrogens (primary N) is 1. The zero-order valence-corrected chi connectivity index (χ0v) is 12.9. The van der Waals surface area contributed by atoms with Crippen LogP contribution >= 0.6 is 0 Å². The zero-order valence-electron chi connectivity index (χ0n) is 12.9. The number of carbonyl (C=O) groups excluding carboxylic acids is 1. The number of rotatable bonds is 3. The third kappa shape index (κ3) is 3.70. The van der Waals surface area contributed by atoms with E-state index in [0.717, 1.165) is 5.56 Å². The van der Waals surface area contributed by atoms with E-state index >= 15 is 0 Å². The molecule has 1 heterocycles. The fraction of sp³-hybridized carbons (Fsp3) is 0.278. The van der Waals surface area contributed by atoms with Gasteiger partial charge < -0.3 is 20.5 Å². The van der Waals surface area contributed by atoms with Gasteiger partial charge in [-0.05, 0) is 31.2 Å². The second-order valence-electron chi connectivity index (χ2n) is 5.62. The number of nitrogen functional groups attached to an aromatic ring is 1. The van der Waals surface area contributed by atoms with Gasteiger partial charge in [0.15, 0.2) is 6.29 Å². The van der Waals surface area contributed by atoms with Gasteiger partial charge in [-0.25, -0.2) is 0 Å². The molecule has 0 spiro atoms.